The summed E-state index contributed by atoms with van der Waals surface area (Å²) in [6.07, 6.45) is -0.646. The van der Waals surface area contributed by atoms with E-state index in [1.807, 2.05) is 0 Å². The summed E-state index contributed by atoms with van der Waals surface area (Å²) in [6, 6.07) is -1.42. The molecular formula is C13H23N3O6S. The number of carboxylic acid groups (broad SMARTS) is 1. The minimum absolute atomic E-state index is 0.0340. The first-order valence-electron chi connectivity index (χ1n) is 6.77. The van der Waals surface area contributed by atoms with Gasteiger partial charge in [0.25, 0.3) is 5.91 Å². The van der Waals surface area contributed by atoms with Crippen molar-refractivity contribution in [3.05, 3.63) is 0 Å². The molecule has 0 spiro atoms. The molecule has 4 N–H and O–H groups in total. The highest BCUT2D eigenvalue weighted by Crippen LogP contribution is 2.13. The summed E-state index contributed by atoms with van der Waals surface area (Å²) in [5, 5.41) is 21.8. The molecule has 0 aromatic carbocycles. The highest BCUT2D eigenvalue weighted by atomic mass is 32.2. The van der Waals surface area contributed by atoms with E-state index in [1.54, 1.807) is 27.7 Å². The van der Waals surface area contributed by atoms with Crippen molar-refractivity contribution in [3.63, 3.8) is 0 Å². The van der Waals surface area contributed by atoms with Gasteiger partial charge in [0.1, 0.15) is 5.60 Å². The average Bonchev–Trinajstić information content (AvgIpc) is 2.38. The summed E-state index contributed by atoms with van der Waals surface area (Å²) < 4.78 is 5.08. The first-order chi connectivity index (χ1) is 10.5. The Bertz CT molecular complexity index is 475. The number of nitrogens with one attached hydrogen (secondary N) is 2. The zero-order valence-corrected chi connectivity index (χ0v) is 14.6. The van der Waals surface area contributed by atoms with E-state index in [0.29, 0.717) is 0 Å². The van der Waals surface area contributed by atoms with E-state index in [4.69, 9.17) is 14.9 Å². The van der Waals surface area contributed by atoms with E-state index in [-0.39, 0.29) is 5.04 Å². The van der Waals surface area contributed by atoms with Gasteiger partial charge in [0.15, 0.2) is 11.1 Å². The van der Waals surface area contributed by atoms with Crippen molar-refractivity contribution >= 4 is 34.8 Å². The predicted octanol–water partition coefficient (Wildman–Crippen LogP) is 0.180. The fraction of sp³-hybridized carbons (Fsp3) is 0.692. The molecule has 0 aliphatic rings. The third kappa shape index (κ3) is 9.04. The number of ether oxygens (including phenoxy) is 1. The quantitative estimate of drug-likeness (QED) is 0.315. The zero-order chi connectivity index (χ0) is 18.2. The molecule has 10 heteroatoms. The van der Waals surface area contributed by atoms with Crippen molar-refractivity contribution < 1.29 is 29.3 Å². The van der Waals surface area contributed by atoms with Gasteiger partial charge in [-0.2, -0.15) is 0 Å². The highest BCUT2D eigenvalue weighted by Gasteiger charge is 2.24. The zero-order valence-electron chi connectivity index (χ0n) is 13.7. The van der Waals surface area contributed by atoms with Crippen LogP contribution in [0.3, 0.4) is 0 Å². The fourth-order valence-electron chi connectivity index (χ4n) is 1.28. The number of hydrogen-bond donors (Lipinski definition) is 4. The molecule has 0 saturated carbocycles. The summed E-state index contributed by atoms with van der Waals surface area (Å²) >= 11 is 0.923. The third-order valence-corrected chi connectivity index (χ3v) is 3.25. The van der Waals surface area contributed by atoms with E-state index in [0.717, 1.165) is 11.8 Å². The minimum Gasteiger partial charge on any atom is -0.480 e. The number of alkyl carbamates (subject to hydrolysis) is 1. The Morgan fingerprint density at radius 3 is 2.22 bits per heavy atom. The van der Waals surface area contributed by atoms with Crippen molar-refractivity contribution in [2.24, 2.45) is 4.99 Å². The predicted molar refractivity (Wildman–Crippen MR) is 86.4 cm³/mol. The van der Waals surface area contributed by atoms with Crippen LogP contribution in [0.2, 0.25) is 0 Å². The summed E-state index contributed by atoms with van der Waals surface area (Å²) in [5.41, 5.74) is -0.649. The van der Waals surface area contributed by atoms with Gasteiger partial charge in [-0.05, 0) is 27.7 Å². The van der Waals surface area contributed by atoms with E-state index >= 15 is 0 Å². The number of aliphatic hydroxyl groups is 1. The number of aliphatic imine (C=N–C) groups is 1. The van der Waals surface area contributed by atoms with E-state index < -0.39 is 41.6 Å². The van der Waals surface area contributed by atoms with Gasteiger partial charge in [0.2, 0.25) is 0 Å². The van der Waals surface area contributed by atoms with Crippen LogP contribution in [-0.2, 0) is 14.3 Å². The Morgan fingerprint density at radius 2 is 1.83 bits per heavy atom. The van der Waals surface area contributed by atoms with Gasteiger partial charge in [0.05, 0.1) is 12.0 Å². The van der Waals surface area contributed by atoms with Crippen LogP contribution < -0.4 is 10.6 Å². The van der Waals surface area contributed by atoms with Gasteiger partial charge in [0, 0.05) is 7.05 Å². The first-order valence-corrected chi connectivity index (χ1v) is 7.65. The summed E-state index contributed by atoms with van der Waals surface area (Å²) in [7, 11) is 1.36. The molecule has 23 heavy (non-hydrogen) atoms. The number of nitrogens with zero attached hydrogens (tertiary/aromatic N) is 1. The fourth-order valence-corrected chi connectivity index (χ4v) is 2.05. The van der Waals surface area contributed by atoms with Crippen LogP contribution in [0, 0.1) is 0 Å². The molecule has 0 aliphatic carbocycles. The van der Waals surface area contributed by atoms with Crippen molar-refractivity contribution in [2.75, 3.05) is 13.7 Å². The lowest BCUT2D eigenvalue weighted by atomic mass is 10.2. The Hall–Kier alpha value is -1.81. The Morgan fingerprint density at radius 1 is 1.26 bits per heavy atom. The van der Waals surface area contributed by atoms with Gasteiger partial charge in [-0.3, -0.25) is 9.79 Å². The molecule has 0 radical (unpaired) electrons. The van der Waals surface area contributed by atoms with Crippen LogP contribution in [0.4, 0.5) is 4.79 Å². The normalized spacial score (nSPS) is 14.6. The van der Waals surface area contributed by atoms with E-state index in [2.05, 4.69) is 15.6 Å². The van der Waals surface area contributed by atoms with E-state index in [9.17, 15) is 14.4 Å². The average molecular weight is 349 g/mol. The minimum atomic E-state index is -1.42. The maximum atomic E-state index is 11.9. The van der Waals surface area contributed by atoms with Crippen molar-refractivity contribution in [1.82, 2.24) is 10.6 Å². The second-order valence-electron chi connectivity index (χ2n) is 5.48. The lowest BCUT2D eigenvalue weighted by Gasteiger charge is -2.22. The number of carbonyl (C=O) groups excluding carboxylic acids is 2. The summed E-state index contributed by atoms with van der Waals surface area (Å²) in [4.78, 5) is 38.1. The maximum Gasteiger partial charge on any atom is 0.408 e. The van der Waals surface area contributed by atoms with Crippen molar-refractivity contribution in [2.45, 2.75) is 44.7 Å². The third-order valence-electron chi connectivity index (χ3n) is 2.19. The number of thioether (sulfide) groups is 1. The Kier molecular flexibility index (Phi) is 8.62. The molecule has 0 rings (SSSR count). The topological polar surface area (TPSA) is 137 Å². The van der Waals surface area contributed by atoms with Gasteiger partial charge < -0.3 is 25.6 Å². The van der Waals surface area contributed by atoms with Crippen molar-refractivity contribution in [3.8, 4) is 0 Å². The van der Waals surface area contributed by atoms with Gasteiger partial charge in [-0.1, -0.05) is 11.8 Å². The Labute approximate surface area is 138 Å². The standard InChI is InChI=1S/C13H23N3O6S/c1-7(15-12(21)22-13(2,3)4)23-10(14-5)9(18)16-8(6-17)11(19)20/h7-8,17H,6H2,1-5H3,(H,15,21)(H,16,18)(H,19,20)/t7?,8-/m0/s1. The largest absolute Gasteiger partial charge is 0.480 e. The maximum absolute atomic E-state index is 11.9. The molecule has 2 atom stereocenters. The van der Waals surface area contributed by atoms with Gasteiger partial charge >= 0.3 is 12.1 Å². The molecule has 2 amide bonds. The highest BCUT2D eigenvalue weighted by molar-refractivity contribution is 8.16. The molecule has 132 valence electrons. The summed E-state index contributed by atoms with van der Waals surface area (Å²) in [6.45, 7) is 6.04. The lowest BCUT2D eigenvalue weighted by Crippen LogP contribution is -2.46. The van der Waals surface area contributed by atoms with Crippen LogP contribution in [-0.4, -0.2) is 63.9 Å². The van der Waals surface area contributed by atoms with Crippen LogP contribution in [0.1, 0.15) is 27.7 Å². The number of carbonyl (C=O) groups is 3. The summed E-state index contributed by atoms with van der Waals surface area (Å²) in [5.74, 6) is -2.11. The van der Waals surface area contributed by atoms with Crippen LogP contribution in [0.15, 0.2) is 4.99 Å². The number of carboxylic acids is 1. The molecule has 9 nitrogen and oxygen atoms in total. The second-order valence-corrected chi connectivity index (χ2v) is 6.81. The molecule has 0 aliphatic heterocycles. The molecule has 1 unspecified atom stereocenters. The number of amides is 2. The number of rotatable bonds is 5. The number of aliphatic hydroxyl groups excluding tert-OH is 1. The van der Waals surface area contributed by atoms with E-state index in [1.165, 1.54) is 7.05 Å². The van der Waals surface area contributed by atoms with Crippen LogP contribution in [0.5, 0.6) is 0 Å². The molecule has 0 heterocycles. The first kappa shape index (κ1) is 21.2. The number of hydrogen-bond acceptors (Lipinski definition) is 7. The Balaban J connectivity index is 4.61. The van der Waals surface area contributed by atoms with Gasteiger partial charge in [-0.15, -0.1) is 0 Å². The smallest absolute Gasteiger partial charge is 0.408 e. The van der Waals surface area contributed by atoms with Crippen LogP contribution >= 0.6 is 11.8 Å². The molecule has 0 saturated heterocycles. The molecule has 0 aromatic heterocycles. The molecule has 0 bridgehead atoms. The number of aliphatic carboxylic acids is 1. The van der Waals surface area contributed by atoms with Crippen molar-refractivity contribution in [1.29, 1.82) is 0 Å². The molecule has 0 aromatic rings. The van der Waals surface area contributed by atoms with Gasteiger partial charge in [-0.25, -0.2) is 9.59 Å². The second kappa shape index (κ2) is 9.36. The monoisotopic (exact) mass is 349 g/mol. The SMILES string of the molecule is CN=C(SC(C)NC(=O)OC(C)(C)C)C(=O)N[C@@H](CO)C(=O)O. The lowest BCUT2D eigenvalue weighted by molar-refractivity contribution is -0.142. The molecule has 0 fully saturated rings. The molecular weight excluding hydrogens is 326 g/mol. The van der Waals surface area contributed by atoms with Crippen LogP contribution in [0.25, 0.3) is 0 Å².